The number of anilines is 1. The van der Waals surface area contributed by atoms with E-state index < -0.39 is 0 Å². The standard InChI is InChI=1S/C17H20N4O/c22-17(21-10-4-1-5-11-21)16-8-7-15(13-20-16)19-12-14-6-2-3-9-18-14/h2-3,6-9,13,19H,1,4-5,10-12H2. The Hall–Kier alpha value is -2.43. The number of likely N-dealkylation sites (tertiary alicyclic amines) is 1. The molecule has 5 nitrogen and oxygen atoms in total. The van der Waals surface area contributed by atoms with Crippen LogP contribution in [0.2, 0.25) is 0 Å². The Morgan fingerprint density at radius 1 is 1.09 bits per heavy atom. The molecule has 0 aliphatic carbocycles. The highest BCUT2D eigenvalue weighted by Gasteiger charge is 2.18. The van der Waals surface area contributed by atoms with Crippen LogP contribution in [0.25, 0.3) is 0 Å². The third kappa shape index (κ3) is 3.61. The molecule has 2 aromatic rings. The van der Waals surface area contributed by atoms with Gasteiger partial charge in [0.25, 0.3) is 5.91 Å². The number of nitrogens with zero attached hydrogens (tertiary/aromatic N) is 3. The maximum Gasteiger partial charge on any atom is 0.272 e. The average molecular weight is 296 g/mol. The molecule has 3 heterocycles. The Morgan fingerprint density at radius 2 is 1.95 bits per heavy atom. The van der Waals surface area contributed by atoms with Crippen molar-refractivity contribution in [3.8, 4) is 0 Å². The molecule has 1 fully saturated rings. The van der Waals surface area contributed by atoms with E-state index in [0.29, 0.717) is 12.2 Å². The third-order valence-corrected chi connectivity index (χ3v) is 3.83. The molecule has 1 saturated heterocycles. The number of hydrogen-bond acceptors (Lipinski definition) is 4. The van der Waals surface area contributed by atoms with Crippen LogP contribution in [0.3, 0.4) is 0 Å². The van der Waals surface area contributed by atoms with Crippen molar-refractivity contribution in [3.05, 3.63) is 54.1 Å². The van der Waals surface area contributed by atoms with Gasteiger partial charge in [-0.25, -0.2) is 4.98 Å². The molecule has 0 aromatic carbocycles. The number of amides is 1. The first-order valence-corrected chi connectivity index (χ1v) is 7.72. The van der Waals surface area contributed by atoms with Gasteiger partial charge in [-0.15, -0.1) is 0 Å². The second kappa shape index (κ2) is 7.02. The zero-order valence-electron chi connectivity index (χ0n) is 12.5. The van der Waals surface area contributed by atoms with Crippen LogP contribution >= 0.6 is 0 Å². The van der Waals surface area contributed by atoms with Gasteiger partial charge in [-0.05, 0) is 43.5 Å². The fourth-order valence-electron chi connectivity index (χ4n) is 2.58. The molecule has 0 radical (unpaired) electrons. The van der Waals surface area contributed by atoms with Crippen LogP contribution in [0.4, 0.5) is 5.69 Å². The van der Waals surface area contributed by atoms with Gasteiger partial charge in [0.15, 0.2) is 0 Å². The summed E-state index contributed by atoms with van der Waals surface area (Å²) in [7, 11) is 0. The van der Waals surface area contributed by atoms with Gasteiger partial charge >= 0.3 is 0 Å². The van der Waals surface area contributed by atoms with Crippen molar-refractivity contribution in [2.45, 2.75) is 25.8 Å². The lowest BCUT2D eigenvalue weighted by Gasteiger charge is -2.26. The second-order valence-electron chi connectivity index (χ2n) is 5.46. The summed E-state index contributed by atoms with van der Waals surface area (Å²) < 4.78 is 0. The van der Waals surface area contributed by atoms with Gasteiger partial charge in [0.05, 0.1) is 24.1 Å². The average Bonchev–Trinajstić information content (AvgIpc) is 2.61. The van der Waals surface area contributed by atoms with E-state index in [0.717, 1.165) is 37.3 Å². The first-order valence-electron chi connectivity index (χ1n) is 7.72. The monoisotopic (exact) mass is 296 g/mol. The van der Waals surface area contributed by atoms with Crippen LogP contribution in [0.1, 0.15) is 35.4 Å². The Labute approximate surface area is 130 Å². The van der Waals surface area contributed by atoms with Gasteiger partial charge in [0.1, 0.15) is 5.69 Å². The number of hydrogen-bond donors (Lipinski definition) is 1. The summed E-state index contributed by atoms with van der Waals surface area (Å²) in [6.07, 6.45) is 6.88. The van der Waals surface area contributed by atoms with E-state index in [1.54, 1.807) is 18.5 Å². The smallest absolute Gasteiger partial charge is 0.272 e. The SMILES string of the molecule is O=C(c1ccc(NCc2ccccn2)cn1)N1CCCCC1. The molecule has 0 unspecified atom stereocenters. The number of carbonyl (C=O) groups excluding carboxylic acids is 1. The van der Waals surface area contributed by atoms with E-state index in [2.05, 4.69) is 15.3 Å². The zero-order valence-corrected chi connectivity index (χ0v) is 12.5. The number of carbonyl (C=O) groups is 1. The highest BCUT2D eigenvalue weighted by atomic mass is 16.2. The molecule has 22 heavy (non-hydrogen) atoms. The van der Waals surface area contributed by atoms with Crippen molar-refractivity contribution in [1.29, 1.82) is 0 Å². The van der Waals surface area contributed by atoms with E-state index in [4.69, 9.17) is 0 Å². The number of rotatable bonds is 4. The number of aromatic nitrogens is 2. The van der Waals surface area contributed by atoms with Crippen LogP contribution in [0.5, 0.6) is 0 Å². The Morgan fingerprint density at radius 3 is 2.64 bits per heavy atom. The van der Waals surface area contributed by atoms with Crippen molar-refractivity contribution in [2.75, 3.05) is 18.4 Å². The van der Waals surface area contributed by atoms with Crippen LogP contribution in [0.15, 0.2) is 42.7 Å². The lowest BCUT2D eigenvalue weighted by molar-refractivity contribution is 0.0718. The van der Waals surface area contributed by atoms with Gasteiger partial charge in [-0.3, -0.25) is 9.78 Å². The van der Waals surface area contributed by atoms with E-state index >= 15 is 0 Å². The summed E-state index contributed by atoms with van der Waals surface area (Å²) in [5.74, 6) is 0.0379. The molecule has 1 aliphatic heterocycles. The molecule has 5 heteroatoms. The van der Waals surface area contributed by atoms with E-state index in [1.165, 1.54) is 6.42 Å². The minimum absolute atomic E-state index is 0.0379. The number of piperidine rings is 1. The van der Waals surface area contributed by atoms with Crippen LogP contribution in [-0.4, -0.2) is 33.9 Å². The van der Waals surface area contributed by atoms with Gasteiger partial charge in [-0.1, -0.05) is 6.07 Å². The topological polar surface area (TPSA) is 58.1 Å². The molecule has 1 amide bonds. The van der Waals surface area contributed by atoms with E-state index in [9.17, 15) is 4.79 Å². The molecule has 0 bridgehead atoms. The van der Waals surface area contributed by atoms with Gasteiger partial charge in [0, 0.05) is 19.3 Å². The Balaban J connectivity index is 1.59. The Bertz CT molecular complexity index is 606. The minimum Gasteiger partial charge on any atom is -0.378 e. The molecule has 0 saturated carbocycles. The lowest BCUT2D eigenvalue weighted by Crippen LogP contribution is -2.36. The lowest BCUT2D eigenvalue weighted by atomic mass is 10.1. The molecule has 114 valence electrons. The normalized spacial score (nSPS) is 14.6. The number of nitrogens with one attached hydrogen (secondary N) is 1. The summed E-state index contributed by atoms with van der Waals surface area (Å²) in [5.41, 5.74) is 2.38. The molecule has 2 aromatic heterocycles. The summed E-state index contributed by atoms with van der Waals surface area (Å²) in [5, 5.41) is 3.26. The van der Waals surface area contributed by atoms with Gasteiger partial charge in [0.2, 0.25) is 0 Å². The predicted molar refractivity (Wildman–Crippen MR) is 85.6 cm³/mol. The molecule has 1 aliphatic rings. The molecule has 0 atom stereocenters. The first kappa shape index (κ1) is 14.5. The summed E-state index contributed by atoms with van der Waals surface area (Å²) in [4.78, 5) is 22.8. The van der Waals surface area contributed by atoms with E-state index in [-0.39, 0.29) is 5.91 Å². The largest absolute Gasteiger partial charge is 0.378 e. The van der Waals surface area contributed by atoms with Crippen LogP contribution < -0.4 is 5.32 Å². The summed E-state index contributed by atoms with van der Waals surface area (Å²) >= 11 is 0. The van der Waals surface area contributed by atoms with Crippen molar-refractivity contribution >= 4 is 11.6 Å². The van der Waals surface area contributed by atoms with Crippen molar-refractivity contribution in [1.82, 2.24) is 14.9 Å². The highest BCUT2D eigenvalue weighted by Crippen LogP contribution is 2.14. The van der Waals surface area contributed by atoms with Crippen molar-refractivity contribution < 1.29 is 4.79 Å². The fraction of sp³-hybridized carbons (Fsp3) is 0.353. The van der Waals surface area contributed by atoms with Crippen LogP contribution in [-0.2, 0) is 6.54 Å². The van der Waals surface area contributed by atoms with Crippen LogP contribution in [0, 0.1) is 0 Å². The minimum atomic E-state index is 0.0379. The molecule has 3 rings (SSSR count). The van der Waals surface area contributed by atoms with Crippen molar-refractivity contribution in [2.24, 2.45) is 0 Å². The molecule has 0 spiro atoms. The fourth-order valence-corrected chi connectivity index (χ4v) is 2.58. The third-order valence-electron chi connectivity index (χ3n) is 3.83. The summed E-state index contributed by atoms with van der Waals surface area (Å²) in [6, 6.07) is 9.51. The Kier molecular flexibility index (Phi) is 4.63. The highest BCUT2D eigenvalue weighted by molar-refractivity contribution is 5.92. The van der Waals surface area contributed by atoms with E-state index in [1.807, 2.05) is 29.2 Å². The second-order valence-corrected chi connectivity index (χ2v) is 5.46. The van der Waals surface area contributed by atoms with Crippen molar-refractivity contribution in [3.63, 3.8) is 0 Å². The zero-order chi connectivity index (χ0) is 15.2. The van der Waals surface area contributed by atoms with Gasteiger partial charge < -0.3 is 10.2 Å². The summed E-state index contributed by atoms with van der Waals surface area (Å²) in [6.45, 7) is 2.34. The first-order chi connectivity index (χ1) is 10.8. The number of pyridine rings is 2. The molecular weight excluding hydrogens is 276 g/mol. The molecule has 1 N–H and O–H groups in total. The quantitative estimate of drug-likeness (QED) is 0.942. The van der Waals surface area contributed by atoms with Gasteiger partial charge in [-0.2, -0.15) is 0 Å². The maximum atomic E-state index is 12.3. The maximum absolute atomic E-state index is 12.3. The molecular formula is C17H20N4O. The predicted octanol–water partition coefficient (Wildman–Crippen LogP) is 2.71.